The Balaban J connectivity index is 2.15. The van der Waals surface area contributed by atoms with Crippen LogP contribution in [0, 0.1) is 0 Å². The van der Waals surface area contributed by atoms with E-state index in [2.05, 4.69) is 5.32 Å². The summed E-state index contributed by atoms with van der Waals surface area (Å²) in [4.78, 5) is 22.9. The van der Waals surface area contributed by atoms with Crippen LogP contribution < -0.4 is 14.8 Å². The largest absolute Gasteiger partial charge is 0.486 e. The highest BCUT2D eigenvalue weighted by Crippen LogP contribution is 2.38. The van der Waals surface area contributed by atoms with Crippen molar-refractivity contribution in [2.24, 2.45) is 0 Å². The molecule has 1 amide bonds. The summed E-state index contributed by atoms with van der Waals surface area (Å²) < 4.78 is 10.8. The monoisotopic (exact) mass is 313 g/mol. The highest BCUT2D eigenvalue weighted by molar-refractivity contribution is 6.32. The molecule has 1 atom stereocenters. The minimum absolute atomic E-state index is 0.124. The molecule has 1 aliphatic heterocycles. The number of amides is 1. The second kappa shape index (κ2) is 6.67. The molecule has 0 aliphatic carbocycles. The van der Waals surface area contributed by atoms with Crippen LogP contribution in [0.2, 0.25) is 5.02 Å². The van der Waals surface area contributed by atoms with Crippen LogP contribution in [0.15, 0.2) is 12.1 Å². The second-order valence-electron chi connectivity index (χ2n) is 4.66. The third-order valence-corrected chi connectivity index (χ3v) is 3.39. The molecule has 1 aliphatic rings. The molecule has 1 heterocycles. The van der Waals surface area contributed by atoms with Crippen LogP contribution >= 0.6 is 11.6 Å². The van der Waals surface area contributed by atoms with Crippen molar-refractivity contribution in [1.82, 2.24) is 5.32 Å². The number of rotatable bonds is 5. The number of aliphatic carboxylic acids is 1. The lowest BCUT2D eigenvalue weighted by Crippen LogP contribution is -2.36. The van der Waals surface area contributed by atoms with Gasteiger partial charge in [-0.05, 0) is 18.6 Å². The van der Waals surface area contributed by atoms with Crippen molar-refractivity contribution in [2.75, 3.05) is 13.2 Å². The van der Waals surface area contributed by atoms with Crippen molar-refractivity contribution in [2.45, 2.75) is 25.8 Å². The number of fused-ring (bicyclic) bond motifs is 1. The average Bonchev–Trinajstić information content (AvgIpc) is 2.46. The summed E-state index contributed by atoms with van der Waals surface area (Å²) in [7, 11) is 0. The van der Waals surface area contributed by atoms with E-state index >= 15 is 0 Å². The first kappa shape index (κ1) is 15.4. The van der Waals surface area contributed by atoms with Crippen molar-refractivity contribution >= 4 is 23.5 Å². The molecule has 0 radical (unpaired) electrons. The molecule has 1 aromatic rings. The Kier molecular flexibility index (Phi) is 4.90. The Morgan fingerprint density at radius 1 is 1.38 bits per heavy atom. The fraction of sp³-hybridized carbons (Fsp3) is 0.429. The fourth-order valence-electron chi connectivity index (χ4n) is 2.02. The maximum absolute atomic E-state index is 12.2. The molecular weight excluding hydrogens is 298 g/mol. The molecule has 1 aromatic carbocycles. The van der Waals surface area contributed by atoms with Crippen LogP contribution in [-0.2, 0) is 4.79 Å². The molecule has 0 aromatic heterocycles. The zero-order valence-electron chi connectivity index (χ0n) is 11.5. The minimum Gasteiger partial charge on any atom is -0.486 e. The molecule has 0 saturated heterocycles. The average molecular weight is 314 g/mol. The number of halogens is 1. The van der Waals surface area contributed by atoms with Gasteiger partial charge in [-0.2, -0.15) is 0 Å². The van der Waals surface area contributed by atoms with Gasteiger partial charge in [0.25, 0.3) is 5.91 Å². The van der Waals surface area contributed by atoms with Crippen molar-refractivity contribution < 1.29 is 24.2 Å². The van der Waals surface area contributed by atoms with Gasteiger partial charge < -0.3 is 19.9 Å². The molecule has 1 unspecified atom stereocenters. The molecule has 21 heavy (non-hydrogen) atoms. The van der Waals surface area contributed by atoms with Gasteiger partial charge in [0.2, 0.25) is 0 Å². The van der Waals surface area contributed by atoms with Gasteiger partial charge in [0.05, 0.1) is 11.4 Å². The lowest BCUT2D eigenvalue weighted by molar-refractivity contribution is -0.137. The van der Waals surface area contributed by atoms with Crippen LogP contribution in [-0.4, -0.2) is 36.2 Å². The topological polar surface area (TPSA) is 84.9 Å². The second-order valence-corrected chi connectivity index (χ2v) is 5.07. The number of carboxylic acids is 1. The standard InChI is InChI=1S/C14H16ClNO5/c1-2-9(7-12(17)18)16-14(19)8-5-10(15)13-11(6-8)20-3-4-21-13/h5-6,9H,2-4,7H2,1H3,(H,16,19)(H,17,18). The minimum atomic E-state index is -0.956. The van der Waals surface area contributed by atoms with Gasteiger partial charge in [-0.15, -0.1) is 0 Å². The smallest absolute Gasteiger partial charge is 0.305 e. The predicted octanol–water partition coefficient (Wildman–Crippen LogP) is 2.09. The molecule has 0 saturated carbocycles. The van der Waals surface area contributed by atoms with E-state index in [1.807, 2.05) is 6.92 Å². The fourth-order valence-corrected chi connectivity index (χ4v) is 2.28. The summed E-state index contributed by atoms with van der Waals surface area (Å²) in [5, 5.41) is 11.8. The highest BCUT2D eigenvalue weighted by atomic mass is 35.5. The van der Waals surface area contributed by atoms with Crippen LogP contribution in [0.3, 0.4) is 0 Å². The van der Waals surface area contributed by atoms with Crippen LogP contribution in [0.5, 0.6) is 11.5 Å². The van der Waals surface area contributed by atoms with Crippen molar-refractivity contribution in [3.63, 3.8) is 0 Å². The summed E-state index contributed by atoms with van der Waals surface area (Å²) >= 11 is 6.07. The quantitative estimate of drug-likeness (QED) is 0.869. The number of hydrogen-bond acceptors (Lipinski definition) is 4. The first-order chi connectivity index (χ1) is 10.0. The summed E-state index contributed by atoms with van der Waals surface area (Å²) in [6.45, 7) is 2.62. The van der Waals surface area contributed by atoms with E-state index in [1.165, 1.54) is 6.07 Å². The molecule has 0 bridgehead atoms. The normalized spacial score (nSPS) is 14.4. The number of carbonyl (C=O) groups excluding carboxylic acids is 1. The van der Waals surface area contributed by atoms with E-state index in [-0.39, 0.29) is 12.3 Å². The number of carboxylic acid groups (broad SMARTS) is 1. The van der Waals surface area contributed by atoms with Crippen molar-refractivity contribution in [3.8, 4) is 11.5 Å². The number of carbonyl (C=O) groups is 2. The summed E-state index contributed by atoms with van der Waals surface area (Å²) in [6.07, 6.45) is 0.400. The van der Waals surface area contributed by atoms with E-state index in [9.17, 15) is 9.59 Å². The summed E-state index contributed by atoms with van der Waals surface area (Å²) in [6, 6.07) is 2.60. The molecule has 2 rings (SSSR count). The Bertz CT molecular complexity index is 561. The van der Waals surface area contributed by atoms with Crippen molar-refractivity contribution in [1.29, 1.82) is 0 Å². The molecule has 0 fully saturated rings. The number of nitrogens with one attached hydrogen (secondary N) is 1. The van der Waals surface area contributed by atoms with Gasteiger partial charge in [0, 0.05) is 11.6 Å². The molecular formula is C14H16ClNO5. The van der Waals surface area contributed by atoms with Gasteiger partial charge in [0.15, 0.2) is 11.5 Å². The Morgan fingerprint density at radius 2 is 2.10 bits per heavy atom. The molecule has 0 spiro atoms. The lowest BCUT2D eigenvalue weighted by Gasteiger charge is -2.21. The van der Waals surface area contributed by atoms with Gasteiger partial charge in [-0.25, -0.2) is 0 Å². The maximum Gasteiger partial charge on any atom is 0.305 e. The molecule has 7 heteroatoms. The Hall–Kier alpha value is -1.95. The number of ether oxygens (including phenoxy) is 2. The number of hydrogen-bond donors (Lipinski definition) is 2. The van der Waals surface area contributed by atoms with Gasteiger partial charge in [-0.1, -0.05) is 18.5 Å². The van der Waals surface area contributed by atoms with Gasteiger partial charge in [-0.3, -0.25) is 9.59 Å². The van der Waals surface area contributed by atoms with Gasteiger partial charge in [0.1, 0.15) is 13.2 Å². The zero-order chi connectivity index (χ0) is 15.4. The van der Waals surface area contributed by atoms with Gasteiger partial charge >= 0.3 is 5.97 Å². The highest BCUT2D eigenvalue weighted by Gasteiger charge is 2.21. The van der Waals surface area contributed by atoms with Crippen LogP contribution in [0.25, 0.3) is 0 Å². The van der Waals surface area contributed by atoms with E-state index in [1.54, 1.807) is 6.07 Å². The lowest BCUT2D eigenvalue weighted by atomic mass is 10.1. The third-order valence-electron chi connectivity index (χ3n) is 3.11. The first-order valence-corrected chi connectivity index (χ1v) is 7.00. The molecule has 2 N–H and O–H groups in total. The zero-order valence-corrected chi connectivity index (χ0v) is 12.3. The predicted molar refractivity (Wildman–Crippen MR) is 76.2 cm³/mol. The van der Waals surface area contributed by atoms with Crippen molar-refractivity contribution in [3.05, 3.63) is 22.7 Å². The number of benzene rings is 1. The van der Waals surface area contributed by atoms with E-state index in [4.69, 9.17) is 26.2 Å². The van der Waals surface area contributed by atoms with E-state index in [0.717, 1.165) is 0 Å². The summed E-state index contributed by atoms with van der Waals surface area (Å²) in [5.74, 6) is -0.494. The van der Waals surface area contributed by atoms with Crippen LogP contribution in [0.4, 0.5) is 0 Å². The maximum atomic E-state index is 12.2. The van der Waals surface area contributed by atoms with E-state index in [0.29, 0.717) is 41.7 Å². The van der Waals surface area contributed by atoms with E-state index < -0.39 is 12.0 Å². The SMILES string of the molecule is CCC(CC(=O)O)NC(=O)c1cc(Cl)c2c(c1)OCCO2. The Morgan fingerprint density at radius 3 is 2.76 bits per heavy atom. The third kappa shape index (κ3) is 3.78. The van der Waals surface area contributed by atoms with Crippen LogP contribution in [0.1, 0.15) is 30.1 Å². The molecule has 6 nitrogen and oxygen atoms in total. The molecule has 114 valence electrons. The first-order valence-electron chi connectivity index (χ1n) is 6.63. The summed E-state index contributed by atoms with van der Waals surface area (Å²) in [5.41, 5.74) is 0.313. The Labute approximate surface area is 127 Å².